The van der Waals surface area contributed by atoms with Gasteiger partial charge in [0.15, 0.2) is 0 Å². The maximum Gasteiger partial charge on any atom is 0.143 e. The van der Waals surface area contributed by atoms with Gasteiger partial charge in [-0.3, -0.25) is 0 Å². The highest BCUT2D eigenvalue weighted by Crippen LogP contribution is 2.10. The lowest BCUT2D eigenvalue weighted by molar-refractivity contribution is 0.617. The predicted molar refractivity (Wildman–Crippen MR) is 62.4 cm³/mol. The Morgan fingerprint density at radius 3 is 2.67 bits per heavy atom. The lowest BCUT2D eigenvalue weighted by atomic mass is 10.1. The molecule has 1 aromatic heterocycles. The molecule has 4 heteroatoms. The van der Waals surface area contributed by atoms with Gasteiger partial charge in [-0.1, -0.05) is 27.2 Å². The van der Waals surface area contributed by atoms with Crippen molar-refractivity contribution >= 4 is 5.82 Å². The van der Waals surface area contributed by atoms with Gasteiger partial charge in [-0.05, 0) is 12.3 Å². The number of nitrogens with two attached hydrogens (primary N) is 1. The Kier molecular flexibility index (Phi) is 4.49. The maximum absolute atomic E-state index is 5.37. The van der Waals surface area contributed by atoms with E-state index in [-0.39, 0.29) is 0 Å². The van der Waals surface area contributed by atoms with Crippen molar-refractivity contribution in [2.24, 2.45) is 11.8 Å². The van der Waals surface area contributed by atoms with Gasteiger partial charge in [-0.2, -0.15) is 0 Å². The summed E-state index contributed by atoms with van der Waals surface area (Å²) in [5.41, 5.74) is 3.65. The summed E-state index contributed by atoms with van der Waals surface area (Å²) < 4.78 is 0. The molecule has 0 saturated carbocycles. The first-order valence-electron chi connectivity index (χ1n) is 5.49. The Hall–Kier alpha value is -1.16. The van der Waals surface area contributed by atoms with Gasteiger partial charge in [0.1, 0.15) is 11.6 Å². The fourth-order valence-corrected chi connectivity index (χ4v) is 1.47. The number of nitrogen functional groups attached to an aromatic ring is 1. The Balaban J connectivity index is 2.89. The van der Waals surface area contributed by atoms with E-state index in [0.717, 1.165) is 30.8 Å². The Morgan fingerprint density at radius 2 is 2.13 bits per heavy atom. The first-order valence-corrected chi connectivity index (χ1v) is 5.49. The minimum Gasteiger partial charge on any atom is -0.308 e. The van der Waals surface area contributed by atoms with E-state index in [0.29, 0.717) is 11.7 Å². The lowest BCUT2D eigenvalue weighted by Crippen LogP contribution is -2.12. The number of aryl methyl sites for hydroxylation is 1. The highest BCUT2D eigenvalue weighted by Gasteiger charge is 2.05. The molecule has 0 fully saturated rings. The van der Waals surface area contributed by atoms with E-state index < -0.39 is 0 Å². The molecule has 84 valence electrons. The van der Waals surface area contributed by atoms with Crippen LogP contribution in [-0.2, 0) is 12.8 Å². The predicted octanol–water partition coefficient (Wildman–Crippen LogP) is 1.91. The molecule has 0 atom stereocenters. The fraction of sp³-hybridized carbons (Fsp3) is 0.636. The third-order valence-electron chi connectivity index (χ3n) is 2.07. The van der Waals surface area contributed by atoms with Gasteiger partial charge in [0, 0.05) is 18.2 Å². The van der Waals surface area contributed by atoms with Crippen molar-refractivity contribution in [3.8, 4) is 0 Å². The number of rotatable bonds is 5. The van der Waals surface area contributed by atoms with Crippen molar-refractivity contribution in [1.82, 2.24) is 9.97 Å². The van der Waals surface area contributed by atoms with Crippen molar-refractivity contribution in [3.05, 3.63) is 17.6 Å². The second kappa shape index (κ2) is 5.66. The summed E-state index contributed by atoms with van der Waals surface area (Å²) in [6, 6.07) is 1.91. The second-order valence-corrected chi connectivity index (χ2v) is 4.15. The first kappa shape index (κ1) is 11.9. The SMILES string of the molecule is CCCc1cc(NN)nc(CC(C)C)n1. The number of nitrogens with zero attached hydrogens (tertiary/aromatic N) is 2. The molecule has 0 spiro atoms. The van der Waals surface area contributed by atoms with Crippen molar-refractivity contribution in [2.45, 2.75) is 40.0 Å². The number of hydrogen-bond acceptors (Lipinski definition) is 4. The second-order valence-electron chi connectivity index (χ2n) is 4.15. The summed E-state index contributed by atoms with van der Waals surface area (Å²) in [5, 5.41) is 0. The third kappa shape index (κ3) is 3.83. The average molecular weight is 208 g/mol. The smallest absolute Gasteiger partial charge is 0.143 e. The van der Waals surface area contributed by atoms with E-state index in [9.17, 15) is 0 Å². The summed E-state index contributed by atoms with van der Waals surface area (Å²) in [5.74, 6) is 7.53. The van der Waals surface area contributed by atoms with Crippen molar-refractivity contribution < 1.29 is 0 Å². The molecule has 0 aliphatic heterocycles. The molecule has 0 unspecified atom stereocenters. The highest BCUT2D eigenvalue weighted by molar-refractivity contribution is 5.34. The number of aromatic nitrogens is 2. The van der Waals surface area contributed by atoms with Gasteiger partial charge in [0.05, 0.1) is 0 Å². The van der Waals surface area contributed by atoms with Crippen LogP contribution < -0.4 is 11.3 Å². The molecule has 4 nitrogen and oxygen atoms in total. The third-order valence-corrected chi connectivity index (χ3v) is 2.07. The fourth-order valence-electron chi connectivity index (χ4n) is 1.47. The lowest BCUT2D eigenvalue weighted by Gasteiger charge is -2.08. The molecule has 3 N–H and O–H groups in total. The first-order chi connectivity index (χ1) is 7.15. The molecule has 0 aliphatic rings. The Morgan fingerprint density at radius 1 is 1.40 bits per heavy atom. The summed E-state index contributed by atoms with van der Waals surface area (Å²) in [7, 11) is 0. The zero-order chi connectivity index (χ0) is 11.3. The normalized spacial score (nSPS) is 10.7. The molecule has 0 saturated heterocycles. The van der Waals surface area contributed by atoms with Crippen LogP contribution in [0.3, 0.4) is 0 Å². The van der Waals surface area contributed by atoms with Crippen molar-refractivity contribution in [2.75, 3.05) is 5.43 Å². The minimum absolute atomic E-state index is 0.563. The molecular weight excluding hydrogens is 188 g/mol. The van der Waals surface area contributed by atoms with E-state index in [4.69, 9.17) is 5.84 Å². The number of hydrogen-bond donors (Lipinski definition) is 2. The van der Waals surface area contributed by atoms with Crippen LogP contribution in [0.1, 0.15) is 38.7 Å². The monoisotopic (exact) mass is 208 g/mol. The topological polar surface area (TPSA) is 63.8 Å². The summed E-state index contributed by atoms with van der Waals surface area (Å²) >= 11 is 0. The standard InChI is InChI=1S/C11H20N4/c1-4-5-9-7-11(15-12)14-10(13-9)6-8(2)3/h7-8H,4-6,12H2,1-3H3,(H,13,14,15). The van der Waals surface area contributed by atoms with Crippen LogP contribution >= 0.6 is 0 Å². The molecule has 0 aliphatic carbocycles. The molecular formula is C11H20N4. The van der Waals surface area contributed by atoms with Crippen LogP contribution in [0.5, 0.6) is 0 Å². The average Bonchev–Trinajstić information content (AvgIpc) is 2.16. The number of hydrazine groups is 1. The molecule has 0 radical (unpaired) electrons. The summed E-state index contributed by atoms with van der Waals surface area (Å²) in [4.78, 5) is 8.83. The van der Waals surface area contributed by atoms with Crippen LogP contribution in [0, 0.1) is 5.92 Å². The maximum atomic E-state index is 5.37. The van der Waals surface area contributed by atoms with Crippen LogP contribution in [0.4, 0.5) is 5.82 Å². The van der Waals surface area contributed by atoms with Gasteiger partial charge in [-0.25, -0.2) is 15.8 Å². The molecule has 1 heterocycles. The zero-order valence-corrected chi connectivity index (χ0v) is 9.75. The largest absolute Gasteiger partial charge is 0.308 e. The van der Waals surface area contributed by atoms with E-state index in [1.54, 1.807) is 0 Å². The van der Waals surface area contributed by atoms with Crippen LogP contribution in [-0.4, -0.2) is 9.97 Å². The molecule has 1 aromatic rings. The van der Waals surface area contributed by atoms with Gasteiger partial charge in [0.2, 0.25) is 0 Å². The summed E-state index contributed by atoms with van der Waals surface area (Å²) in [6.45, 7) is 6.45. The van der Waals surface area contributed by atoms with Crippen LogP contribution in [0.25, 0.3) is 0 Å². The highest BCUT2D eigenvalue weighted by atomic mass is 15.3. The molecule has 0 aromatic carbocycles. The van der Waals surface area contributed by atoms with Crippen LogP contribution in [0.2, 0.25) is 0 Å². The molecule has 1 rings (SSSR count). The van der Waals surface area contributed by atoms with Gasteiger partial charge in [-0.15, -0.1) is 0 Å². The van der Waals surface area contributed by atoms with Gasteiger partial charge >= 0.3 is 0 Å². The number of nitrogens with one attached hydrogen (secondary N) is 1. The number of anilines is 1. The van der Waals surface area contributed by atoms with Gasteiger partial charge in [0.25, 0.3) is 0 Å². The van der Waals surface area contributed by atoms with E-state index in [1.165, 1.54) is 0 Å². The van der Waals surface area contributed by atoms with Crippen molar-refractivity contribution in [3.63, 3.8) is 0 Å². The molecule has 15 heavy (non-hydrogen) atoms. The Labute approximate surface area is 91.3 Å². The molecule has 0 amide bonds. The van der Waals surface area contributed by atoms with E-state index >= 15 is 0 Å². The van der Waals surface area contributed by atoms with Crippen LogP contribution in [0.15, 0.2) is 6.07 Å². The quantitative estimate of drug-likeness (QED) is 0.573. The zero-order valence-electron chi connectivity index (χ0n) is 9.75. The van der Waals surface area contributed by atoms with E-state index in [1.807, 2.05) is 6.07 Å². The Bertz CT molecular complexity index is 309. The van der Waals surface area contributed by atoms with Crippen molar-refractivity contribution in [1.29, 1.82) is 0 Å². The van der Waals surface area contributed by atoms with E-state index in [2.05, 4.69) is 36.2 Å². The minimum atomic E-state index is 0.563. The van der Waals surface area contributed by atoms with Gasteiger partial charge < -0.3 is 5.43 Å². The molecule has 0 bridgehead atoms. The summed E-state index contributed by atoms with van der Waals surface area (Å²) in [6.07, 6.45) is 2.96.